The van der Waals surface area contributed by atoms with Gasteiger partial charge in [-0.05, 0) is 13.5 Å². The number of allylic oxidation sites excluding steroid dienone is 1. The lowest BCUT2D eigenvalue weighted by Gasteiger charge is -2.25. The van der Waals surface area contributed by atoms with Gasteiger partial charge in [-0.1, -0.05) is 0 Å². The topological polar surface area (TPSA) is 49.1 Å². The molecule has 1 N–H and O–H groups in total. The maximum absolute atomic E-state index is 8.95. The van der Waals surface area contributed by atoms with Gasteiger partial charge in [-0.2, -0.15) is 5.79 Å². The highest BCUT2D eigenvalue weighted by molar-refractivity contribution is 6.42. The fraction of sp³-hybridized carbons (Fsp3) is 0.625. The molecule has 4 nitrogen and oxygen atoms in total. The molecule has 13 heavy (non-hydrogen) atoms. The van der Waals surface area contributed by atoms with Crippen molar-refractivity contribution in [3.63, 3.8) is 0 Å². The highest BCUT2D eigenvalue weighted by Gasteiger charge is 2.04. The van der Waals surface area contributed by atoms with Crippen LogP contribution in [0, 0.1) is 0 Å². The number of ether oxygens (including phenoxy) is 1. The Kier molecular flexibility index (Phi) is 6.69. The molecule has 0 aromatic carbocycles. The molecule has 0 atom stereocenters. The lowest BCUT2D eigenvalue weighted by molar-refractivity contribution is 0.123. The zero-order valence-electron chi connectivity index (χ0n) is 8.53. The maximum atomic E-state index is 8.95. The minimum Gasteiger partial charge on any atom is -0.769 e. The van der Waals surface area contributed by atoms with E-state index in [1.165, 1.54) is 13.2 Å². The van der Waals surface area contributed by atoms with Crippen molar-refractivity contribution in [3.05, 3.63) is 12.0 Å². The van der Waals surface area contributed by atoms with Crippen molar-refractivity contribution in [1.82, 2.24) is 0 Å². The van der Waals surface area contributed by atoms with Gasteiger partial charge in [-0.3, -0.25) is 4.79 Å². The molecule has 0 spiro atoms. The Morgan fingerprint density at radius 3 is 2.54 bits per heavy atom. The van der Waals surface area contributed by atoms with Crippen LogP contribution < -0.4 is 0 Å². The van der Waals surface area contributed by atoms with Crippen molar-refractivity contribution in [1.29, 1.82) is 0 Å². The highest BCUT2D eigenvalue weighted by Crippen LogP contribution is 2.02. The Hall–Kier alpha value is -0.498. The fourth-order valence-corrected chi connectivity index (χ4v) is 1.77. The van der Waals surface area contributed by atoms with Gasteiger partial charge in [0.2, 0.25) is 5.95 Å². The lowest BCUT2D eigenvalue weighted by Crippen LogP contribution is -2.19. The SMILES string of the molecule is CC[O][Al-]([CH3])[O]C(=CC(C)=[OH+])OC. The van der Waals surface area contributed by atoms with E-state index in [0.717, 1.165) is 0 Å². The molecule has 1 radical (unpaired) electrons. The van der Waals surface area contributed by atoms with Crippen LogP contribution in [-0.2, 0) is 12.3 Å². The van der Waals surface area contributed by atoms with Gasteiger partial charge >= 0.3 is 20.6 Å². The van der Waals surface area contributed by atoms with Gasteiger partial charge in [0.25, 0.3) is 0 Å². The van der Waals surface area contributed by atoms with Gasteiger partial charge in [0.1, 0.15) is 6.08 Å². The standard InChI is InChI=1S/C5H8O3.C2H5O.CH3.Al/c1-4(6)3-5(7)8-2;1-2-3;;/h3,7H,1-2H3;2H2,1H3;1H3;/q;-1;;+1. The van der Waals surface area contributed by atoms with Crippen LogP contribution in [0.15, 0.2) is 12.0 Å². The average molecular weight is 203 g/mol. The summed E-state index contributed by atoms with van der Waals surface area (Å²) < 4.78 is 15.5. The predicted molar refractivity (Wildman–Crippen MR) is 52.0 cm³/mol. The lowest BCUT2D eigenvalue weighted by atomic mass is 10.4. The maximum Gasteiger partial charge on any atom is 0.427 e. The summed E-state index contributed by atoms with van der Waals surface area (Å²) in [6, 6.07) is 0. The van der Waals surface area contributed by atoms with Crippen LogP contribution in [0.1, 0.15) is 13.8 Å². The molecule has 0 aliphatic heterocycles. The minimum absolute atomic E-state index is 0.148. The van der Waals surface area contributed by atoms with E-state index < -0.39 is 14.8 Å². The zero-order chi connectivity index (χ0) is 10.3. The highest BCUT2D eigenvalue weighted by atomic mass is 27.2. The minimum atomic E-state index is -1.65. The Bertz CT molecular complexity index is 191. The van der Waals surface area contributed by atoms with E-state index >= 15 is 0 Å². The van der Waals surface area contributed by atoms with E-state index in [0.29, 0.717) is 12.6 Å². The second kappa shape index (κ2) is 6.96. The third kappa shape index (κ3) is 6.64. The van der Waals surface area contributed by atoms with Gasteiger partial charge in [-0.25, -0.2) is 0 Å². The number of hydrogen-bond acceptors (Lipinski definition) is 3. The van der Waals surface area contributed by atoms with E-state index in [-0.39, 0.29) is 5.78 Å². The summed E-state index contributed by atoms with van der Waals surface area (Å²) in [5.74, 6) is 2.34. The summed E-state index contributed by atoms with van der Waals surface area (Å²) in [6.45, 7) is 4.09. The molecule has 0 rings (SSSR count). The number of rotatable bonds is 6. The van der Waals surface area contributed by atoms with E-state index in [1.807, 2.05) is 12.7 Å². The largest absolute Gasteiger partial charge is 0.769 e. The number of methoxy groups -OCH3 is 1. The van der Waals surface area contributed by atoms with E-state index in [2.05, 4.69) is 0 Å². The van der Waals surface area contributed by atoms with Crippen LogP contribution >= 0.6 is 0 Å². The van der Waals surface area contributed by atoms with Crippen molar-refractivity contribution < 1.29 is 17.1 Å². The zero-order valence-corrected chi connectivity index (χ0v) is 9.69. The smallest absolute Gasteiger partial charge is 0.427 e. The summed E-state index contributed by atoms with van der Waals surface area (Å²) in [5, 5.41) is 0. The van der Waals surface area contributed by atoms with E-state index in [4.69, 9.17) is 17.1 Å². The van der Waals surface area contributed by atoms with Gasteiger partial charge < -0.3 is 12.3 Å². The molecule has 0 unspecified atom stereocenters. The summed E-state index contributed by atoms with van der Waals surface area (Å²) in [7, 11) is 1.49. The Labute approximate surface area is 83.5 Å². The van der Waals surface area contributed by atoms with Crippen molar-refractivity contribution in [2.75, 3.05) is 13.7 Å². The Balaban J connectivity index is 4.04. The van der Waals surface area contributed by atoms with Crippen molar-refractivity contribution in [2.45, 2.75) is 19.6 Å². The Morgan fingerprint density at radius 1 is 1.54 bits per heavy atom. The summed E-state index contributed by atoms with van der Waals surface area (Å²) in [5.41, 5.74) is 0. The van der Waals surface area contributed by atoms with Gasteiger partial charge in [0.15, 0.2) is 0 Å². The first-order valence-electron chi connectivity index (χ1n) is 4.16. The van der Waals surface area contributed by atoms with Crippen LogP contribution in [0.25, 0.3) is 0 Å². The molecule has 0 saturated carbocycles. The van der Waals surface area contributed by atoms with E-state index in [9.17, 15) is 0 Å². The molecule has 0 saturated heterocycles. The molecule has 5 heteroatoms. The summed E-state index contributed by atoms with van der Waals surface area (Å²) in [6.07, 6.45) is 1.42. The first-order chi connectivity index (χ1) is 6.10. The molecule has 0 amide bonds. The van der Waals surface area contributed by atoms with Crippen LogP contribution in [0.4, 0.5) is 0 Å². The summed E-state index contributed by atoms with van der Waals surface area (Å²) >= 11 is -1.65. The average Bonchev–Trinajstić information content (AvgIpc) is 2.02. The first-order valence-corrected chi connectivity index (χ1v) is 6.26. The van der Waals surface area contributed by atoms with Gasteiger partial charge in [-0.15, -0.1) is 0 Å². The molecule has 75 valence electrons. The molecular weight excluding hydrogens is 187 g/mol. The molecule has 0 heterocycles. The van der Waals surface area contributed by atoms with Crippen LogP contribution in [0.3, 0.4) is 0 Å². The second-order valence-corrected chi connectivity index (χ2v) is 4.15. The molecular formula is C8H16AlO4. The molecule has 0 fully saturated rings. The number of ketones is 1. The quantitative estimate of drug-likeness (QED) is 0.282. The molecule has 0 bridgehead atoms. The van der Waals surface area contributed by atoms with Gasteiger partial charge in [0.05, 0.1) is 14.0 Å². The molecule has 0 aliphatic rings. The number of carbonyl (C=O) groups excluding carboxylic acids is 1. The van der Waals surface area contributed by atoms with Crippen LogP contribution in [0.2, 0.25) is 5.79 Å². The van der Waals surface area contributed by atoms with Crippen molar-refractivity contribution >= 4 is 20.6 Å². The Morgan fingerprint density at radius 2 is 2.15 bits per heavy atom. The fourth-order valence-electron chi connectivity index (χ4n) is 0.744. The predicted octanol–water partition coefficient (Wildman–Crippen LogP) is 1.21. The monoisotopic (exact) mass is 203 g/mol. The van der Waals surface area contributed by atoms with Crippen molar-refractivity contribution in [2.24, 2.45) is 0 Å². The number of hydrogen-bond donors (Lipinski definition) is 0. The molecule has 0 aromatic rings. The first kappa shape index (κ1) is 12.5. The molecule has 0 aliphatic carbocycles. The molecule has 0 aromatic heterocycles. The third-order valence-electron chi connectivity index (χ3n) is 1.21. The van der Waals surface area contributed by atoms with Crippen molar-refractivity contribution in [3.8, 4) is 0 Å². The van der Waals surface area contributed by atoms with Gasteiger partial charge in [0, 0.05) is 0 Å². The third-order valence-corrected chi connectivity index (χ3v) is 2.58. The summed E-state index contributed by atoms with van der Waals surface area (Å²) in [4.78, 5) is 8.95. The second-order valence-electron chi connectivity index (χ2n) is 2.45. The van der Waals surface area contributed by atoms with E-state index in [1.54, 1.807) is 6.92 Å². The van der Waals surface area contributed by atoms with Crippen LogP contribution in [0.5, 0.6) is 0 Å². The van der Waals surface area contributed by atoms with Crippen LogP contribution in [-0.4, -0.2) is 39.1 Å². The normalized spacial score (nSPS) is 11.6.